The Morgan fingerprint density at radius 3 is 2.86 bits per heavy atom. The van der Waals surface area contributed by atoms with Gasteiger partial charge in [-0.1, -0.05) is 19.3 Å². The number of anilines is 1. The molecule has 5 nitrogen and oxygen atoms in total. The molecule has 5 heteroatoms. The zero-order valence-electron chi connectivity index (χ0n) is 12.6. The number of benzene rings is 1. The van der Waals surface area contributed by atoms with E-state index in [4.69, 9.17) is 0 Å². The number of urea groups is 1. The SMILES string of the molecule is O=C(NCC1CCCCC1)Nc1ccc2c(ccc[n+]2O)c1. The van der Waals surface area contributed by atoms with Gasteiger partial charge in [0.2, 0.25) is 6.20 Å². The van der Waals surface area contributed by atoms with Gasteiger partial charge in [0.15, 0.2) is 0 Å². The number of amides is 2. The molecule has 3 N–H and O–H groups in total. The number of hydrogen-bond donors (Lipinski definition) is 3. The number of hydrogen-bond acceptors (Lipinski definition) is 2. The Morgan fingerprint density at radius 1 is 1.23 bits per heavy atom. The van der Waals surface area contributed by atoms with Crippen LogP contribution in [-0.2, 0) is 0 Å². The van der Waals surface area contributed by atoms with E-state index in [1.807, 2.05) is 12.1 Å². The van der Waals surface area contributed by atoms with Gasteiger partial charge in [0.25, 0.3) is 5.52 Å². The average Bonchev–Trinajstić information content (AvgIpc) is 2.54. The van der Waals surface area contributed by atoms with Crippen LogP contribution < -0.4 is 15.4 Å². The molecule has 0 aliphatic heterocycles. The molecule has 0 radical (unpaired) electrons. The van der Waals surface area contributed by atoms with Crippen LogP contribution in [0.5, 0.6) is 0 Å². The van der Waals surface area contributed by atoms with Gasteiger partial charge in [-0.05, 0) is 37.0 Å². The molecule has 3 rings (SSSR count). The molecule has 1 aliphatic rings. The summed E-state index contributed by atoms with van der Waals surface area (Å²) in [6.45, 7) is 0.746. The van der Waals surface area contributed by atoms with Gasteiger partial charge in [-0.15, -0.1) is 0 Å². The first-order chi connectivity index (χ1) is 10.7. The number of carbonyl (C=O) groups excluding carboxylic acids is 1. The first kappa shape index (κ1) is 14.6. The van der Waals surface area contributed by atoms with E-state index in [2.05, 4.69) is 10.6 Å². The molecule has 116 valence electrons. The van der Waals surface area contributed by atoms with Gasteiger partial charge in [-0.3, -0.25) is 5.21 Å². The molecule has 1 aromatic heterocycles. The smallest absolute Gasteiger partial charge is 0.319 e. The van der Waals surface area contributed by atoms with Crippen molar-refractivity contribution in [2.24, 2.45) is 5.92 Å². The summed E-state index contributed by atoms with van der Waals surface area (Å²) in [5, 5.41) is 16.4. The van der Waals surface area contributed by atoms with Crippen LogP contribution in [-0.4, -0.2) is 17.8 Å². The summed E-state index contributed by atoms with van der Waals surface area (Å²) in [6.07, 6.45) is 7.88. The molecule has 0 spiro atoms. The maximum atomic E-state index is 12.0. The van der Waals surface area contributed by atoms with Gasteiger partial charge in [0.05, 0.1) is 5.39 Å². The molecule has 0 saturated heterocycles. The topological polar surface area (TPSA) is 65.2 Å². The van der Waals surface area contributed by atoms with E-state index >= 15 is 0 Å². The molecule has 0 atom stereocenters. The predicted octanol–water partition coefficient (Wildman–Crippen LogP) is 3.07. The van der Waals surface area contributed by atoms with Gasteiger partial charge < -0.3 is 10.6 Å². The van der Waals surface area contributed by atoms with Crippen LogP contribution in [0.3, 0.4) is 0 Å². The van der Waals surface area contributed by atoms with Crippen LogP contribution in [0.4, 0.5) is 10.5 Å². The molecule has 2 amide bonds. The van der Waals surface area contributed by atoms with Crippen molar-refractivity contribution < 1.29 is 14.7 Å². The van der Waals surface area contributed by atoms with Crippen LogP contribution >= 0.6 is 0 Å². The fourth-order valence-corrected chi connectivity index (χ4v) is 3.09. The zero-order chi connectivity index (χ0) is 15.4. The molecular weight excluding hydrogens is 278 g/mol. The van der Waals surface area contributed by atoms with E-state index in [9.17, 15) is 10.0 Å². The van der Waals surface area contributed by atoms with Gasteiger partial charge >= 0.3 is 6.03 Å². The fourth-order valence-electron chi connectivity index (χ4n) is 3.09. The Bertz CT molecular complexity index is 666. The van der Waals surface area contributed by atoms with Crippen LogP contribution in [0, 0.1) is 5.92 Å². The Morgan fingerprint density at radius 2 is 2.05 bits per heavy atom. The minimum Gasteiger partial charge on any atom is -0.338 e. The maximum absolute atomic E-state index is 12.0. The lowest BCUT2D eigenvalue weighted by molar-refractivity contribution is -0.884. The van der Waals surface area contributed by atoms with E-state index in [0.717, 1.165) is 22.3 Å². The lowest BCUT2D eigenvalue weighted by atomic mass is 9.89. The van der Waals surface area contributed by atoms with E-state index in [1.54, 1.807) is 24.4 Å². The van der Waals surface area contributed by atoms with Crippen LogP contribution in [0.15, 0.2) is 36.5 Å². The Labute approximate surface area is 129 Å². The summed E-state index contributed by atoms with van der Waals surface area (Å²) < 4.78 is 1.07. The molecule has 1 aliphatic carbocycles. The second kappa shape index (κ2) is 6.64. The van der Waals surface area contributed by atoms with E-state index in [0.29, 0.717) is 11.4 Å². The summed E-state index contributed by atoms with van der Waals surface area (Å²) in [5.41, 5.74) is 1.43. The molecule has 2 aromatic rings. The lowest BCUT2D eigenvalue weighted by Crippen LogP contribution is -2.33. The van der Waals surface area contributed by atoms with Gasteiger partial charge in [-0.2, -0.15) is 0 Å². The van der Waals surface area contributed by atoms with Crippen LogP contribution in [0.1, 0.15) is 32.1 Å². The van der Waals surface area contributed by atoms with E-state index < -0.39 is 0 Å². The van der Waals surface area contributed by atoms with Crippen molar-refractivity contribution in [1.82, 2.24) is 5.32 Å². The van der Waals surface area contributed by atoms with E-state index in [1.165, 1.54) is 32.1 Å². The Hall–Kier alpha value is -2.30. The van der Waals surface area contributed by atoms with Crippen molar-refractivity contribution in [3.8, 4) is 0 Å². The third kappa shape index (κ3) is 3.47. The number of aromatic nitrogens is 1. The minimum atomic E-state index is -0.169. The molecule has 0 bridgehead atoms. The maximum Gasteiger partial charge on any atom is 0.319 e. The Kier molecular flexibility index (Phi) is 4.42. The number of pyridine rings is 1. The predicted molar refractivity (Wildman–Crippen MR) is 84.9 cm³/mol. The minimum absolute atomic E-state index is 0.169. The quantitative estimate of drug-likeness (QED) is 0.602. The third-order valence-corrected chi connectivity index (χ3v) is 4.31. The lowest BCUT2D eigenvalue weighted by Gasteiger charge is -2.21. The van der Waals surface area contributed by atoms with Crippen LogP contribution in [0.25, 0.3) is 10.9 Å². The molecule has 1 aromatic carbocycles. The normalized spacial score (nSPS) is 15.6. The van der Waals surface area contributed by atoms with Crippen molar-refractivity contribution in [3.63, 3.8) is 0 Å². The van der Waals surface area contributed by atoms with Crippen LogP contribution in [0.2, 0.25) is 0 Å². The fraction of sp³-hybridized carbons (Fsp3) is 0.412. The molecule has 1 heterocycles. The monoisotopic (exact) mass is 300 g/mol. The first-order valence-electron chi connectivity index (χ1n) is 7.91. The third-order valence-electron chi connectivity index (χ3n) is 4.31. The Balaban J connectivity index is 1.59. The van der Waals surface area contributed by atoms with Crippen molar-refractivity contribution in [2.75, 3.05) is 11.9 Å². The average molecular weight is 300 g/mol. The summed E-state index contributed by atoms with van der Waals surface area (Å²) in [4.78, 5) is 12.0. The summed E-state index contributed by atoms with van der Waals surface area (Å²) in [6, 6.07) is 8.91. The summed E-state index contributed by atoms with van der Waals surface area (Å²) in [5.74, 6) is 0.615. The molecule has 22 heavy (non-hydrogen) atoms. The second-order valence-corrected chi connectivity index (χ2v) is 5.97. The highest BCUT2D eigenvalue weighted by atomic mass is 16.5. The number of rotatable bonds is 3. The van der Waals surface area contributed by atoms with E-state index in [-0.39, 0.29) is 6.03 Å². The molecule has 1 saturated carbocycles. The number of nitrogens with one attached hydrogen (secondary N) is 2. The molecular formula is C17H22N3O2+. The second-order valence-electron chi connectivity index (χ2n) is 5.97. The zero-order valence-corrected chi connectivity index (χ0v) is 12.6. The van der Waals surface area contributed by atoms with Gasteiger partial charge in [0, 0.05) is 29.1 Å². The highest BCUT2D eigenvalue weighted by Gasteiger charge is 2.14. The molecule has 1 fully saturated rings. The standard InChI is InChI=1S/C17H21N3O2/c21-17(18-12-13-5-2-1-3-6-13)19-15-8-9-16-14(11-15)7-4-10-20(16)22/h4,7-11,13H,1-3,5-6,12H2,(H2-,18,19,21,22)/p+1. The van der Waals surface area contributed by atoms with Crippen molar-refractivity contribution in [3.05, 3.63) is 36.5 Å². The summed E-state index contributed by atoms with van der Waals surface area (Å²) in [7, 11) is 0. The van der Waals surface area contributed by atoms with Gasteiger partial charge in [-0.25, -0.2) is 4.79 Å². The molecule has 0 unspecified atom stereocenters. The van der Waals surface area contributed by atoms with Crippen molar-refractivity contribution >= 4 is 22.6 Å². The number of carbonyl (C=O) groups is 1. The highest BCUT2D eigenvalue weighted by molar-refractivity contribution is 5.92. The van der Waals surface area contributed by atoms with Crippen molar-refractivity contribution in [2.45, 2.75) is 32.1 Å². The largest absolute Gasteiger partial charge is 0.338 e. The summed E-state index contributed by atoms with van der Waals surface area (Å²) >= 11 is 0. The number of fused-ring (bicyclic) bond motifs is 1. The van der Waals surface area contributed by atoms with Gasteiger partial charge in [0.1, 0.15) is 0 Å². The number of nitrogens with zero attached hydrogens (tertiary/aromatic N) is 1. The first-order valence-corrected chi connectivity index (χ1v) is 7.91. The highest BCUT2D eigenvalue weighted by Crippen LogP contribution is 2.22. The van der Waals surface area contributed by atoms with Crippen molar-refractivity contribution in [1.29, 1.82) is 0 Å².